The van der Waals surface area contributed by atoms with E-state index in [9.17, 15) is 28.8 Å². The van der Waals surface area contributed by atoms with Crippen LogP contribution in [0, 0.1) is 29.1 Å². The molecule has 3 N–H and O–H groups in total. The Kier molecular flexibility index (Phi) is 17.9. The molecule has 0 aromatic carbocycles. The van der Waals surface area contributed by atoms with Crippen molar-refractivity contribution in [1.82, 2.24) is 16.0 Å². The van der Waals surface area contributed by atoms with Gasteiger partial charge in [0.25, 0.3) is 0 Å². The number of ketones is 3. The molecule has 0 aromatic rings. The summed E-state index contributed by atoms with van der Waals surface area (Å²) in [6.07, 6.45) is 5.54. The molecule has 0 bridgehead atoms. The van der Waals surface area contributed by atoms with E-state index >= 15 is 0 Å². The van der Waals surface area contributed by atoms with E-state index in [1.807, 2.05) is 27.7 Å². The van der Waals surface area contributed by atoms with Crippen LogP contribution in [0.2, 0.25) is 0 Å². The second kappa shape index (κ2) is 20.1. The summed E-state index contributed by atoms with van der Waals surface area (Å²) in [5.74, 6) is -0.981. The summed E-state index contributed by atoms with van der Waals surface area (Å²) in [5.41, 5.74) is -0.854. The summed E-state index contributed by atoms with van der Waals surface area (Å²) in [6, 6.07) is -2.12. The Morgan fingerprint density at radius 2 is 1.26 bits per heavy atom. The summed E-state index contributed by atoms with van der Waals surface area (Å²) in [5, 5.41) is 8.13. The van der Waals surface area contributed by atoms with Crippen LogP contribution < -0.4 is 16.0 Å². The minimum Gasteiger partial charge on any atom is -0.453 e. The number of unbranched alkanes of at least 4 members (excludes halogenated alkanes) is 1. The third kappa shape index (κ3) is 12.9. The van der Waals surface area contributed by atoms with Gasteiger partial charge in [-0.05, 0) is 50.4 Å². The molecular formula is C34H59N3O9. The smallest absolute Gasteiger partial charge is 0.407 e. The first kappa shape index (κ1) is 40.8. The summed E-state index contributed by atoms with van der Waals surface area (Å²) < 4.78 is 14.3. The van der Waals surface area contributed by atoms with Gasteiger partial charge in [-0.2, -0.15) is 0 Å². The van der Waals surface area contributed by atoms with Crippen molar-refractivity contribution in [2.45, 2.75) is 130 Å². The molecule has 0 radical (unpaired) electrons. The summed E-state index contributed by atoms with van der Waals surface area (Å²) in [6.45, 7) is 11.0. The summed E-state index contributed by atoms with van der Waals surface area (Å²) >= 11 is 0. The van der Waals surface area contributed by atoms with Gasteiger partial charge in [0.1, 0.15) is 0 Å². The van der Waals surface area contributed by atoms with Crippen LogP contribution in [0.3, 0.4) is 0 Å². The fraction of sp³-hybridized carbons (Fsp3) is 0.824. The molecule has 5 unspecified atom stereocenters. The molecule has 1 saturated carbocycles. The van der Waals surface area contributed by atoms with E-state index in [1.165, 1.54) is 21.3 Å². The molecule has 12 heteroatoms. The highest BCUT2D eigenvalue weighted by Gasteiger charge is 2.38. The van der Waals surface area contributed by atoms with Crippen molar-refractivity contribution < 1.29 is 43.0 Å². The van der Waals surface area contributed by atoms with Crippen molar-refractivity contribution >= 4 is 35.6 Å². The van der Waals surface area contributed by atoms with Crippen LogP contribution in [0.1, 0.15) is 112 Å². The maximum absolute atomic E-state index is 13.8. The van der Waals surface area contributed by atoms with E-state index < -0.39 is 41.8 Å². The zero-order valence-electron chi connectivity index (χ0n) is 29.5. The average molecular weight is 654 g/mol. The monoisotopic (exact) mass is 653 g/mol. The van der Waals surface area contributed by atoms with Crippen LogP contribution in [-0.4, -0.2) is 75.1 Å². The number of rotatable bonds is 20. The molecular weight excluding hydrogens is 594 g/mol. The molecule has 12 nitrogen and oxygen atoms in total. The highest BCUT2D eigenvalue weighted by Crippen LogP contribution is 2.32. The summed E-state index contributed by atoms with van der Waals surface area (Å²) in [4.78, 5) is 76.3. The van der Waals surface area contributed by atoms with Gasteiger partial charge in [-0.15, -0.1) is 0 Å². The number of carbonyl (C=O) groups excluding carboxylic acids is 6. The van der Waals surface area contributed by atoms with E-state index in [-0.39, 0.29) is 41.0 Å². The molecule has 1 aliphatic rings. The molecule has 0 spiro atoms. The SMILES string of the molecule is CCC(CCC(C)(C)C(=O)C(CCCCC(C)C(=O)C(NC(=O)OC)C1CCCC1)NC(=O)OC)C(NC(=O)OC)C(=O)C(C)C. The normalized spacial score (nSPS) is 16.8. The Hall–Kier alpha value is -3.18. The van der Waals surface area contributed by atoms with Crippen LogP contribution in [0.25, 0.3) is 0 Å². The van der Waals surface area contributed by atoms with Crippen molar-refractivity contribution in [3.8, 4) is 0 Å². The van der Waals surface area contributed by atoms with Crippen LogP contribution >= 0.6 is 0 Å². The average Bonchev–Trinajstić information content (AvgIpc) is 3.57. The lowest BCUT2D eigenvalue weighted by atomic mass is 9.75. The first-order valence-corrected chi connectivity index (χ1v) is 16.8. The van der Waals surface area contributed by atoms with Gasteiger partial charge in [0.05, 0.1) is 39.5 Å². The maximum Gasteiger partial charge on any atom is 0.407 e. The molecule has 46 heavy (non-hydrogen) atoms. The number of Topliss-reactive ketones (excluding diaryl/α,β-unsaturated/α-hetero) is 3. The Balaban J connectivity index is 2.91. The van der Waals surface area contributed by atoms with E-state index in [0.29, 0.717) is 44.9 Å². The van der Waals surface area contributed by atoms with Crippen LogP contribution in [0.15, 0.2) is 0 Å². The minimum atomic E-state index is -0.854. The van der Waals surface area contributed by atoms with Crippen molar-refractivity contribution in [3.05, 3.63) is 0 Å². The van der Waals surface area contributed by atoms with E-state index in [1.54, 1.807) is 13.8 Å². The van der Waals surface area contributed by atoms with E-state index in [2.05, 4.69) is 16.0 Å². The third-order valence-corrected chi connectivity index (χ3v) is 9.43. The molecule has 3 amide bonds. The number of amides is 3. The van der Waals surface area contributed by atoms with Crippen LogP contribution in [0.5, 0.6) is 0 Å². The zero-order chi connectivity index (χ0) is 35.0. The highest BCUT2D eigenvalue weighted by molar-refractivity contribution is 5.92. The molecule has 0 aromatic heterocycles. The molecule has 1 rings (SSSR count). The number of ether oxygens (including phenoxy) is 3. The Morgan fingerprint density at radius 3 is 1.78 bits per heavy atom. The van der Waals surface area contributed by atoms with Crippen LogP contribution in [0.4, 0.5) is 14.4 Å². The standard InChI is InChI=1S/C34H59N3O9/c1-10-23(26(28(38)21(2)3)36-32(42)45-8)19-20-34(5,6)30(40)25(35-31(41)44-7)18-14-11-15-22(4)29(39)27(37-33(43)46-9)24-16-12-13-17-24/h21-27H,10-20H2,1-9H3,(H,35,41)(H,36,42)(H,37,43). The molecule has 264 valence electrons. The second-order valence-electron chi connectivity index (χ2n) is 13.6. The highest BCUT2D eigenvalue weighted by atomic mass is 16.5. The van der Waals surface area contributed by atoms with Gasteiger partial charge < -0.3 is 30.2 Å². The van der Waals surface area contributed by atoms with E-state index in [4.69, 9.17) is 14.2 Å². The lowest BCUT2D eigenvalue weighted by Crippen LogP contribution is -2.49. The first-order chi connectivity index (χ1) is 21.6. The zero-order valence-corrected chi connectivity index (χ0v) is 29.5. The lowest BCUT2D eigenvalue weighted by Gasteiger charge is -2.32. The largest absolute Gasteiger partial charge is 0.453 e. The van der Waals surface area contributed by atoms with Crippen molar-refractivity contribution in [3.63, 3.8) is 0 Å². The molecule has 0 saturated heterocycles. The van der Waals surface area contributed by atoms with Gasteiger partial charge >= 0.3 is 18.3 Å². The maximum atomic E-state index is 13.8. The Morgan fingerprint density at radius 1 is 0.739 bits per heavy atom. The third-order valence-electron chi connectivity index (χ3n) is 9.43. The number of hydrogen-bond acceptors (Lipinski definition) is 9. The Bertz CT molecular complexity index is 1020. The Labute approximate surface area is 275 Å². The number of nitrogens with one attached hydrogen (secondary N) is 3. The van der Waals surface area contributed by atoms with Crippen molar-refractivity contribution in [1.29, 1.82) is 0 Å². The number of carbonyl (C=O) groups is 6. The quantitative estimate of drug-likeness (QED) is 0.110. The number of alkyl carbamates (subject to hydrolysis) is 3. The minimum absolute atomic E-state index is 0.0137. The molecule has 0 heterocycles. The van der Waals surface area contributed by atoms with Gasteiger partial charge in [-0.3, -0.25) is 14.4 Å². The van der Waals surface area contributed by atoms with Crippen molar-refractivity contribution in [2.24, 2.45) is 29.1 Å². The van der Waals surface area contributed by atoms with Gasteiger partial charge in [0.15, 0.2) is 17.3 Å². The van der Waals surface area contributed by atoms with Gasteiger partial charge in [-0.1, -0.05) is 73.6 Å². The molecule has 0 aliphatic heterocycles. The van der Waals surface area contributed by atoms with Gasteiger partial charge in [-0.25, -0.2) is 14.4 Å². The molecule has 1 fully saturated rings. The topological polar surface area (TPSA) is 166 Å². The first-order valence-electron chi connectivity index (χ1n) is 16.8. The number of hydrogen-bond donors (Lipinski definition) is 3. The van der Waals surface area contributed by atoms with Crippen LogP contribution in [-0.2, 0) is 28.6 Å². The fourth-order valence-electron chi connectivity index (χ4n) is 6.33. The van der Waals surface area contributed by atoms with Crippen molar-refractivity contribution in [2.75, 3.05) is 21.3 Å². The molecule has 5 atom stereocenters. The predicted octanol–water partition coefficient (Wildman–Crippen LogP) is 5.74. The predicted molar refractivity (Wildman–Crippen MR) is 174 cm³/mol. The lowest BCUT2D eigenvalue weighted by molar-refractivity contribution is -0.130. The van der Waals surface area contributed by atoms with E-state index in [0.717, 1.165) is 25.7 Å². The second-order valence-corrected chi connectivity index (χ2v) is 13.6. The number of methoxy groups -OCH3 is 3. The summed E-state index contributed by atoms with van der Waals surface area (Å²) in [7, 11) is 3.77. The fourth-order valence-corrected chi connectivity index (χ4v) is 6.33. The molecule has 1 aliphatic carbocycles. The van der Waals surface area contributed by atoms with Gasteiger partial charge in [0, 0.05) is 17.3 Å². The van der Waals surface area contributed by atoms with Gasteiger partial charge in [0.2, 0.25) is 0 Å².